The van der Waals surface area contributed by atoms with E-state index in [4.69, 9.17) is 0 Å². The molecule has 0 bridgehead atoms. The first-order valence-corrected chi connectivity index (χ1v) is 5.99. The summed E-state index contributed by atoms with van der Waals surface area (Å²) < 4.78 is 14.2. The van der Waals surface area contributed by atoms with Crippen LogP contribution in [0, 0.1) is 5.82 Å². The van der Waals surface area contributed by atoms with E-state index >= 15 is 0 Å². The van der Waals surface area contributed by atoms with Crippen LogP contribution in [0.3, 0.4) is 0 Å². The second-order valence-electron chi connectivity index (χ2n) is 3.71. The van der Waals surface area contributed by atoms with Crippen molar-refractivity contribution < 1.29 is 9.50 Å². The minimum absolute atomic E-state index is 0.291. The van der Waals surface area contributed by atoms with Gasteiger partial charge in [-0.2, -0.15) is 0 Å². The number of pyridine rings is 1. The molecular weight excluding hydrogens is 285 g/mol. The smallest absolute Gasteiger partial charge is 0.130 e. The van der Waals surface area contributed by atoms with E-state index in [1.165, 1.54) is 6.07 Å². The van der Waals surface area contributed by atoms with E-state index in [1.54, 1.807) is 30.5 Å². The molecule has 0 saturated carbocycles. The Morgan fingerprint density at radius 2 is 2.12 bits per heavy atom. The Hall–Kier alpha value is -1.26. The second-order valence-corrected chi connectivity index (χ2v) is 4.62. The summed E-state index contributed by atoms with van der Waals surface area (Å²) >= 11 is 3.18. The number of hydrogen-bond donors (Lipinski definition) is 1. The Morgan fingerprint density at radius 3 is 2.76 bits per heavy atom. The zero-order valence-electron chi connectivity index (χ0n) is 8.98. The predicted molar refractivity (Wildman–Crippen MR) is 67.0 cm³/mol. The molecule has 88 valence electrons. The van der Waals surface area contributed by atoms with Crippen LogP contribution in [-0.2, 0) is 6.42 Å². The van der Waals surface area contributed by atoms with Gasteiger partial charge in [0.15, 0.2) is 0 Å². The quantitative estimate of drug-likeness (QED) is 0.943. The molecule has 17 heavy (non-hydrogen) atoms. The lowest BCUT2D eigenvalue weighted by molar-refractivity contribution is 0.172. The summed E-state index contributed by atoms with van der Waals surface area (Å²) in [7, 11) is 0. The van der Waals surface area contributed by atoms with Gasteiger partial charge in [-0.15, -0.1) is 0 Å². The fraction of sp³-hybridized carbons (Fsp3) is 0.154. The Balaban J connectivity index is 2.17. The first-order valence-electron chi connectivity index (χ1n) is 5.20. The summed E-state index contributed by atoms with van der Waals surface area (Å²) in [5, 5.41) is 9.95. The van der Waals surface area contributed by atoms with Gasteiger partial charge in [0, 0.05) is 28.3 Å². The summed E-state index contributed by atoms with van der Waals surface area (Å²) in [4.78, 5) is 4.10. The largest absolute Gasteiger partial charge is 0.388 e. The molecule has 0 aliphatic carbocycles. The number of aromatic nitrogens is 1. The van der Waals surface area contributed by atoms with E-state index in [1.807, 2.05) is 6.07 Å². The average molecular weight is 296 g/mol. The number of rotatable bonds is 3. The highest BCUT2D eigenvalue weighted by Gasteiger charge is 2.14. The summed E-state index contributed by atoms with van der Waals surface area (Å²) in [6.07, 6.45) is 1.08. The Kier molecular flexibility index (Phi) is 3.86. The van der Waals surface area contributed by atoms with E-state index in [2.05, 4.69) is 20.9 Å². The van der Waals surface area contributed by atoms with Gasteiger partial charge in [0.05, 0.1) is 6.10 Å². The molecule has 0 fully saturated rings. The van der Waals surface area contributed by atoms with Crippen molar-refractivity contribution in [1.82, 2.24) is 4.98 Å². The number of nitrogens with zero attached hydrogens (tertiary/aromatic N) is 1. The average Bonchev–Trinajstić information content (AvgIpc) is 2.30. The molecule has 0 spiro atoms. The SMILES string of the molecule is OC(Cc1ccccn1)c1ccc(Br)cc1F. The molecule has 1 atom stereocenters. The number of halogens is 2. The summed E-state index contributed by atoms with van der Waals surface area (Å²) in [5.74, 6) is -0.414. The van der Waals surface area contributed by atoms with Gasteiger partial charge in [0.25, 0.3) is 0 Å². The molecule has 0 amide bonds. The second kappa shape index (κ2) is 5.38. The lowest BCUT2D eigenvalue weighted by Gasteiger charge is -2.11. The maximum absolute atomic E-state index is 13.6. The van der Waals surface area contributed by atoms with Gasteiger partial charge >= 0.3 is 0 Å². The van der Waals surface area contributed by atoms with Crippen LogP contribution < -0.4 is 0 Å². The van der Waals surface area contributed by atoms with Crippen LogP contribution in [0.2, 0.25) is 0 Å². The van der Waals surface area contributed by atoms with Gasteiger partial charge in [-0.3, -0.25) is 4.98 Å². The lowest BCUT2D eigenvalue weighted by Crippen LogP contribution is -2.05. The maximum atomic E-state index is 13.6. The molecule has 2 rings (SSSR count). The van der Waals surface area contributed by atoms with E-state index < -0.39 is 11.9 Å². The van der Waals surface area contributed by atoms with Crippen molar-refractivity contribution in [3.63, 3.8) is 0 Å². The van der Waals surface area contributed by atoms with E-state index in [0.29, 0.717) is 16.5 Å². The minimum atomic E-state index is -0.877. The first-order chi connectivity index (χ1) is 8.16. The van der Waals surface area contributed by atoms with Crippen molar-refractivity contribution in [3.05, 3.63) is 64.1 Å². The molecule has 1 aromatic heterocycles. The highest BCUT2D eigenvalue weighted by Crippen LogP contribution is 2.23. The molecule has 1 heterocycles. The van der Waals surface area contributed by atoms with Gasteiger partial charge in [-0.25, -0.2) is 4.39 Å². The standard InChI is InChI=1S/C13H11BrFNO/c14-9-4-5-11(12(15)7-9)13(17)8-10-3-1-2-6-16-10/h1-7,13,17H,8H2. The number of hydrogen-bond acceptors (Lipinski definition) is 2. The number of benzene rings is 1. The fourth-order valence-electron chi connectivity index (χ4n) is 1.60. The summed E-state index contributed by atoms with van der Waals surface area (Å²) in [5.41, 5.74) is 1.03. The first kappa shape index (κ1) is 12.2. The summed E-state index contributed by atoms with van der Waals surface area (Å²) in [6, 6.07) is 10.1. The molecule has 0 aliphatic heterocycles. The van der Waals surface area contributed by atoms with Crippen molar-refractivity contribution >= 4 is 15.9 Å². The zero-order valence-corrected chi connectivity index (χ0v) is 10.6. The van der Waals surface area contributed by atoms with Gasteiger partial charge in [-0.1, -0.05) is 28.1 Å². The predicted octanol–water partition coefficient (Wildman–Crippen LogP) is 3.26. The topological polar surface area (TPSA) is 33.1 Å². The zero-order chi connectivity index (χ0) is 12.3. The summed E-state index contributed by atoms with van der Waals surface area (Å²) in [6.45, 7) is 0. The fourth-order valence-corrected chi connectivity index (χ4v) is 1.93. The van der Waals surface area contributed by atoms with Crippen LogP contribution in [0.15, 0.2) is 47.1 Å². The Bertz CT molecular complexity index is 504. The molecule has 0 radical (unpaired) electrons. The molecule has 4 heteroatoms. The molecular formula is C13H11BrFNO. The molecule has 1 unspecified atom stereocenters. The van der Waals surface area contributed by atoms with Crippen LogP contribution in [0.1, 0.15) is 17.4 Å². The third kappa shape index (κ3) is 3.11. The normalized spacial score (nSPS) is 12.4. The van der Waals surface area contributed by atoms with Crippen molar-refractivity contribution in [3.8, 4) is 0 Å². The maximum Gasteiger partial charge on any atom is 0.130 e. The van der Waals surface area contributed by atoms with Gasteiger partial charge in [0.2, 0.25) is 0 Å². The van der Waals surface area contributed by atoms with E-state index in [-0.39, 0.29) is 0 Å². The van der Waals surface area contributed by atoms with Crippen molar-refractivity contribution in [2.24, 2.45) is 0 Å². The van der Waals surface area contributed by atoms with Crippen LogP contribution in [-0.4, -0.2) is 10.1 Å². The van der Waals surface area contributed by atoms with Gasteiger partial charge in [-0.05, 0) is 24.3 Å². The van der Waals surface area contributed by atoms with Gasteiger partial charge in [0.1, 0.15) is 5.82 Å². The highest BCUT2D eigenvalue weighted by atomic mass is 79.9. The van der Waals surface area contributed by atoms with Crippen LogP contribution in [0.25, 0.3) is 0 Å². The molecule has 1 N–H and O–H groups in total. The van der Waals surface area contributed by atoms with Crippen molar-refractivity contribution in [2.45, 2.75) is 12.5 Å². The lowest BCUT2D eigenvalue weighted by atomic mass is 10.0. The third-order valence-electron chi connectivity index (χ3n) is 2.45. The molecule has 1 aromatic carbocycles. The van der Waals surface area contributed by atoms with Crippen molar-refractivity contribution in [2.75, 3.05) is 0 Å². The van der Waals surface area contributed by atoms with Crippen LogP contribution >= 0.6 is 15.9 Å². The van der Waals surface area contributed by atoms with Crippen molar-refractivity contribution in [1.29, 1.82) is 0 Å². The molecule has 2 aromatic rings. The van der Waals surface area contributed by atoms with Crippen LogP contribution in [0.5, 0.6) is 0 Å². The molecule has 2 nitrogen and oxygen atoms in total. The Labute approximate surface area is 107 Å². The van der Waals surface area contributed by atoms with E-state index in [9.17, 15) is 9.50 Å². The van der Waals surface area contributed by atoms with Crippen LogP contribution in [0.4, 0.5) is 4.39 Å². The molecule has 0 aliphatic rings. The Morgan fingerprint density at radius 1 is 1.29 bits per heavy atom. The molecule has 0 saturated heterocycles. The number of aliphatic hydroxyl groups excluding tert-OH is 1. The van der Waals surface area contributed by atoms with E-state index in [0.717, 1.165) is 5.69 Å². The number of aliphatic hydroxyl groups is 1. The van der Waals surface area contributed by atoms with Gasteiger partial charge < -0.3 is 5.11 Å². The highest BCUT2D eigenvalue weighted by molar-refractivity contribution is 9.10. The monoisotopic (exact) mass is 295 g/mol. The minimum Gasteiger partial charge on any atom is -0.388 e. The third-order valence-corrected chi connectivity index (χ3v) is 2.94.